The summed E-state index contributed by atoms with van der Waals surface area (Å²) in [6, 6.07) is 11.5. The predicted octanol–water partition coefficient (Wildman–Crippen LogP) is 4.89. The van der Waals surface area contributed by atoms with Gasteiger partial charge in [-0.1, -0.05) is 17.7 Å². The number of anilines is 1. The first-order valence-corrected chi connectivity index (χ1v) is 10.1. The molecule has 7 nitrogen and oxygen atoms in total. The Bertz CT molecular complexity index is 1280. The van der Waals surface area contributed by atoms with Crippen LogP contribution in [0.25, 0.3) is 5.76 Å². The minimum Gasteiger partial charge on any atom is -0.507 e. The summed E-state index contributed by atoms with van der Waals surface area (Å²) in [5.41, 5.74) is 0.969. The van der Waals surface area contributed by atoms with Crippen molar-refractivity contribution in [3.63, 3.8) is 0 Å². The number of benzene rings is 2. The maximum absolute atomic E-state index is 13.1. The van der Waals surface area contributed by atoms with E-state index in [1.165, 1.54) is 25.3 Å². The summed E-state index contributed by atoms with van der Waals surface area (Å²) in [6.45, 7) is 3.52. The van der Waals surface area contributed by atoms with Gasteiger partial charge in [-0.15, -0.1) is 0 Å². The van der Waals surface area contributed by atoms with E-state index < -0.39 is 23.5 Å². The summed E-state index contributed by atoms with van der Waals surface area (Å²) in [5.74, 6) is -1.18. The lowest BCUT2D eigenvalue weighted by Crippen LogP contribution is -2.29. The fourth-order valence-corrected chi connectivity index (χ4v) is 4.00. The van der Waals surface area contributed by atoms with Gasteiger partial charge in [0.05, 0.1) is 23.4 Å². The Hall–Kier alpha value is -3.71. The van der Waals surface area contributed by atoms with Gasteiger partial charge < -0.3 is 19.4 Å². The van der Waals surface area contributed by atoms with Crippen molar-refractivity contribution in [2.45, 2.75) is 19.9 Å². The first kappa shape index (κ1) is 21.5. The fraction of sp³-hybridized carbons (Fsp3) is 0.167. The first-order chi connectivity index (χ1) is 15.2. The zero-order chi connectivity index (χ0) is 23.2. The van der Waals surface area contributed by atoms with Crippen LogP contribution in [0.3, 0.4) is 0 Å². The zero-order valence-electron chi connectivity index (χ0n) is 17.5. The van der Waals surface area contributed by atoms with Gasteiger partial charge in [0.25, 0.3) is 11.7 Å². The lowest BCUT2D eigenvalue weighted by molar-refractivity contribution is -0.132. The van der Waals surface area contributed by atoms with Gasteiger partial charge in [0, 0.05) is 5.56 Å². The van der Waals surface area contributed by atoms with Crippen molar-refractivity contribution in [1.82, 2.24) is 0 Å². The van der Waals surface area contributed by atoms with Crippen LogP contribution in [-0.2, 0) is 9.59 Å². The van der Waals surface area contributed by atoms with Crippen LogP contribution in [-0.4, -0.2) is 29.0 Å². The molecule has 1 aliphatic rings. The van der Waals surface area contributed by atoms with Gasteiger partial charge in [-0.3, -0.25) is 14.5 Å². The normalized spacial score (nSPS) is 17.8. The number of carbonyl (C=O) groups excluding carboxylic acids is 2. The summed E-state index contributed by atoms with van der Waals surface area (Å²) >= 11 is 6.19. The third kappa shape index (κ3) is 3.50. The second-order valence-corrected chi connectivity index (χ2v) is 7.87. The number of halogens is 1. The number of ketones is 1. The Balaban J connectivity index is 1.96. The van der Waals surface area contributed by atoms with Gasteiger partial charge in [-0.25, -0.2) is 0 Å². The molecule has 0 saturated carbocycles. The van der Waals surface area contributed by atoms with Crippen LogP contribution in [0, 0.1) is 13.8 Å². The van der Waals surface area contributed by atoms with Crippen LogP contribution in [0.4, 0.5) is 5.69 Å². The van der Waals surface area contributed by atoms with Crippen LogP contribution in [0.5, 0.6) is 11.5 Å². The minimum atomic E-state index is -1.09. The number of rotatable bonds is 4. The van der Waals surface area contributed by atoms with E-state index in [0.717, 1.165) is 10.5 Å². The Morgan fingerprint density at radius 1 is 1.09 bits per heavy atom. The van der Waals surface area contributed by atoms with Crippen molar-refractivity contribution in [3.8, 4) is 11.5 Å². The van der Waals surface area contributed by atoms with E-state index in [2.05, 4.69) is 0 Å². The van der Waals surface area contributed by atoms with Crippen molar-refractivity contribution < 1.29 is 29.0 Å². The summed E-state index contributed by atoms with van der Waals surface area (Å²) in [4.78, 5) is 27.4. The number of aromatic hydroxyl groups is 1. The Morgan fingerprint density at radius 3 is 2.47 bits per heavy atom. The number of ether oxygens (including phenoxy) is 1. The molecule has 0 radical (unpaired) electrons. The molecular formula is C24H20ClNO6. The highest BCUT2D eigenvalue weighted by Crippen LogP contribution is 2.45. The molecule has 1 amide bonds. The number of aliphatic hydroxyl groups excluding tert-OH is 1. The quantitative estimate of drug-likeness (QED) is 0.331. The van der Waals surface area contributed by atoms with Crippen molar-refractivity contribution in [2.24, 2.45) is 0 Å². The topological polar surface area (TPSA) is 100 Å². The van der Waals surface area contributed by atoms with Gasteiger partial charge in [-0.05, 0) is 61.9 Å². The average Bonchev–Trinajstić information content (AvgIpc) is 3.30. The summed E-state index contributed by atoms with van der Waals surface area (Å²) in [6.07, 6.45) is 0. The second kappa shape index (κ2) is 8.09. The van der Waals surface area contributed by atoms with E-state index in [1.54, 1.807) is 44.2 Å². The van der Waals surface area contributed by atoms with Gasteiger partial charge in [-0.2, -0.15) is 0 Å². The molecule has 2 N–H and O–H groups in total. The summed E-state index contributed by atoms with van der Waals surface area (Å²) in [7, 11) is 1.46. The lowest BCUT2D eigenvalue weighted by Gasteiger charge is -2.24. The van der Waals surface area contributed by atoms with E-state index in [4.69, 9.17) is 20.8 Å². The highest BCUT2D eigenvalue weighted by Gasteiger charge is 2.49. The molecule has 1 aromatic heterocycles. The maximum Gasteiger partial charge on any atom is 0.300 e. The number of amides is 1. The van der Waals surface area contributed by atoms with Gasteiger partial charge in [0.1, 0.15) is 34.8 Å². The number of furan rings is 1. The predicted molar refractivity (Wildman–Crippen MR) is 119 cm³/mol. The third-order valence-corrected chi connectivity index (χ3v) is 5.59. The van der Waals surface area contributed by atoms with Crippen molar-refractivity contribution in [3.05, 3.63) is 81.8 Å². The van der Waals surface area contributed by atoms with Crippen LogP contribution in [0.1, 0.15) is 28.7 Å². The molecule has 8 heteroatoms. The van der Waals surface area contributed by atoms with Gasteiger partial charge >= 0.3 is 0 Å². The summed E-state index contributed by atoms with van der Waals surface area (Å²) in [5, 5.41) is 21.8. The fourth-order valence-electron chi connectivity index (χ4n) is 3.75. The smallest absolute Gasteiger partial charge is 0.300 e. The SMILES string of the molecule is COc1ccc(/C(O)=C2/C(=O)C(=O)N(c3cc(C)ccc3O)C2c2ccc(C)o2)cc1Cl. The number of aliphatic hydroxyl groups is 1. The largest absolute Gasteiger partial charge is 0.507 e. The molecule has 3 aromatic rings. The Morgan fingerprint density at radius 2 is 1.84 bits per heavy atom. The van der Waals surface area contributed by atoms with Crippen LogP contribution < -0.4 is 9.64 Å². The zero-order valence-corrected chi connectivity index (χ0v) is 18.3. The molecule has 0 aliphatic carbocycles. The number of phenols is 1. The van der Waals surface area contributed by atoms with Crippen molar-refractivity contribution >= 4 is 34.7 Å². The first-order valence-electron chi connectivity index (χ1n) is 9.73. The Kier molecular flexibility index (Phi) is 5.44. The maximum atomic E-state index is 13.1. The third-order valence-electron chi connectivity index (χ3n) is 5.29. The molecule has 1 aliphatic heterocycles. The van der Waals surface area contributed by atoms with Crippen molar-refractivity contribution in [2.75, 3.05) is 12.0 Å². The molecule has 1 unspecified atom stereocenters. The molecule has 0 spiro atoms. The number of methoxy groups -OCH3 is 1. The number of nitrogens with zero attached hydrogens (tertiary/aromatic N) is 1. The lowest BCUT2D eigenvalue weighted by atomic mass is 9.99. The molecule has 32 heavy (non-hydrogen) atoms. The molecule has 1 fully saturated rings. The van der Waals surface area contributed by atoms with E-state index >= 15 is 0 Å². The van der Waals surface area contributed by atoms with Crippen LogP contribution in [0.2, 0.25) is 5.02 Å². The monoisotopic (exact) mass is 453 g/mol. The standard InChI is InChI=1S/C24H20ClNO6/c1-12-4-7-17(27)16(10-12)26-21(19-8-5-13(2)32-19)20(23(29)24(26)30)22(28)14-6-9-18(31-3)15(25)11-14/h4-11,21,27-28H,1-3H3/b22-20-. The van der Waals surface area contributed by atoms with Gasteiger partial charge in [0.15, 0.2) is 0 Å². The summed E-state index contributed by atoms with van der Waals surface area (Å²) < 4.78 is 10.9. The average molecular weight is 454 g/mol. The van der Waals surface area contributed by atoms with Gasteiger partial charge in [0.2, 0.25) is 0 Å². The molecule has 4 rings (SSSR count). The number of hydrogen-bond donors (Lipinski definition) is 2. The van der Waals surface area contributed by atoms with Crippen LogP contribution >= 0.6 is 11.6 Å². The Labute approximate surface area is 189 Å². The molecular weight excluding hydrogens is 434 g/mol. The van der Waals surface area contributed by atoms with E-state index in [-0.39, 0.29) is 33.4 Å². The molecule has 1 atom stereocenters. The number of phenolic OH excluding ortho intramolecular Hbond substituents is 1. The van der Waals surface area contributed by atoms with Crippen LogP contribution in [0.15, 0.2) is 58.5 Å². The van der Waals surface area contributed by atoms with E-state index in [1.807, 2.05) is 0 Å². The van der Waals surface area contributed by atoms with E-state index in [0.29, 0.717) is 11.5 Å². The molecule has 164 valence electrons. The molecule has 2 heterocycles. The molecule has 2 aromatic carbocycles. The number of hydrogen-bond acceptors (Lipinski definition) is 6. The number of aryl methyl sites for hydroxylation is 2. The van der Waals surface area contributed by atoms with Crippen molar-refractivity contribution in [1.29, 1.82) is 0 Å². The number of carbonyl (C=O) groups is 2. The molecule has 1 saturated heterocycles. The minimum absolute atomic E-state index is 0.137. The van der Waals surface area contributed by atoms with E-state index in [9.17, 15) is 19.8 Å². The highest BCUT2D eigenvalue weighted by atomic mass is 35.5. The molecule has 0 bridgehead atoms. The number of Topliss-reactive ketones (excluding diaryl/α,β-unsaturated/α-hetero) is 1. The second-order valence-electron chi connectivity index (χ2n) is 7.46. The highest BCUT2D eigenvalue weighted by molar-refractivity contribution is 6.51.